The predicted octanol–water partition coefficient (Wildman–Crippen LogP) is 3.29. The van der Waals surface area contributed by atoms with Crippen LogP contribution < -0.4 is 31.2 Å². The van der Waals surface area contributed by atoms with Crippen LogP contribution in [0.5, 0.6) is 11.5 Å². The molecular formula is C26H24Cl2N4O6. The Kier molecular flexibility index (Phi) is 9.92. The summed E-state index contributed by atoms with van der Waals surface area (Å²) in [4.78, 5) is 48.5. The molecule has 0 aromatic heterocycles. The second kappa shape index (κ2) is 13.3. The number of nitrogens with one attached hydrogen (secondary N) is 4. The van der Waals surface area contributed by atoms with Crippen molar-refractivity contribution < 1.29 is 28.7 Å². The SMILES string of the molecule is Cc1cc(Cl)ccc1OCC(=O)NNC(=O)c1ccc(C(=O)NNC(=O)COc2ccc(Cl)cc2C)cc1. The topological polar surface area (TPSA) is 135 Å². The standard InChI is InChI=1S/C26H24Cl2N4O6/c1-15-11-19(27)7-9-21(15)37-13-23(33)29-31-25(35)17-3-5-18(6-4-17)26(36)32-30-24(34)14-38-22-10-8-20(28)12-16(22)2/h3-12H,13-14H2,1-2H3,(H,29,33)(H,30,34)(H,31,35)(H,32,36). The first kappa shape index (κ1) is 28.3. The quantitative estimate of drug-likeness (QED) is 0.313. The lowest BCUT2D eigenvalue weighted by Crippen LogP contribution is -2.44. The minimum Gasteiger partial charge on any atom is -0.483 e. The molecular weight excluding hydrogens is 535 g/mol. The van der Waals surface area contributed by atoms with Gasteiger partial charge in [-0.15, -0.1) is 0 Å². The van der Waals surface area contributed by atoms with E-state index >= 15 is 0 Å². The van der Waals surface area contributed by atoms with Gasteiger partial charge in [-0.05, 0) is 85.6 Å². The summed E-state index contributed by atoms with van der Waals surface area (Å²) in [5, 5.41) is 1.10. The molecule has 10 nitrogen and oxygen atoms in total. The number of hydrogen-bond acceptors (Lipinski definition) is 6. The molecule has 0 aliphatic rings. The number of rotatable bonds is 8. The number of amides is 4. The van der Waals surface area contributed by atoms with Crippen LogP contribution in [-0.2, 0) is 9.59 Å². The fraction of sp³-hybridized carbons (Fsp3) is 0.154. The van der Waals surface area contributed by atoms with Crippen LogP contribution >= 0.6 is 23.2 Å². The van der Waals surface area contributed by atoms with Gasteiger partial charge in [0.1, 0.15) is 11.5 Å². The molecule has 0 aliphatic heterocycles. The second-order valence-electron chi connectivity index (χ2n) is 7.98. The van der Waals surface area contributed by atoms with E-state index in [2.05, 4.69) is 21.7 Å². The van der Waals surface area contributed by atoms with Crippen molar-refractivity contribution in [3.8, 4) is 11.5 Å². The minimum atomic E-state index is -0.601. The molecule has 0 unspecified atom stereocenters. The van der Waals surface area contributed by atoms with E-state index in [4.69, 9.17) is 32.7 Å². The van der Waals surface area contributed by atoms with E-state index in [0.717, 1.165) is 11.1 Å². The lowest BCUT2D eigenvalue weighted by atomic mass is 10.1. The highest BCUT2D eigenvalue weighted by atomic mass is 35.5. The summed E-state index contributed by atoms with van der Waals surface area (Å²) in [5.41, 5.74) is 10.9. The molecule has 0 saturated carbocycles. The third-order valence-electron chi connectivity index (χ3n) is 5.03. The summed E-state index contributed by atoms with van der Waals surface area (Å²) in [6, 6.07) is 15.5. The maximum absolute atomic E-state index is 12.3. The summed E-state index contributed by atoms with van der Waals surface area (Å²) in [5.74, 6) is -1.37. The lowest BCUT2D eigenvalue weighted by Gasteiger charge is -2.11. The smallest absolute Gasteiger partial charge is 0.276 e. The largest absolute Gasteiger partial charge is 0.483 e. The van der Waals surface area contributed by atoms with Crippen LogP contribution in [-0.4, -0.2) is 36.8 Å². The third-order valence-corrected chi connectivity index (χ3v) is 5.50. The van der Waals surface area contributed by atoms with Crippen molar-refractivity contribution in [2.75, 3.05) is 13.2 Å². The van der Waals surface area contributed by atoms with Crippen molar-refractivity contribution in [1.82, 2.24) is 21.7 Å². The van der Waals surface area contributed by atoms with E-state index in [-0.39, 0.29) is 24.3 Å². The average molecular weight is 559 g/mol. The van der Waals surface area contributed by atoms with E-state index in [0.29, 0.717) is 21.5 Å². The van der Waals surface area contributed by atoms with Gasteiger partial charge in [-0.25, -0.2) is 0 Å². The van der Waals surface area contributed by atoms with Gasteiger partial charge in [-0.3, -0.25) is 40.9 Å². The molecule has 3 aromatic rings. The molecule has 0 atom stereocenters. The zero-order valence-corrected chi connectivity index (χ0v) is 21.9. The number of hydrogen-bond donors (Lipinski definition) is 4. The molecule has 3 aromatic carbocycles. The highest BCUT2D eigenvalue weighted by Crippen LogP contribution is 2.22. The van der Waals surface area contributed by atoms with Crippen molar-refractivity contribution >= 4 is 46.8 Å². The molecule has 0 aliphatic carbocycles. The van der Waals surface area contributed by atoms with E-state index < -0.39 is 23.6 Å². The maximum Gasteiger partial charge on any atom is 0.276 e. The number of ether oxygens (including phenoxy) is 2. The molecule has 0 bridgehead atoms. The number of aryl methyl sites for hydroxylation is 2. The van der Waals surface area contributed by atoms with Gasteiger partial charge >= 0.3 is 0 Å². The molecule has 4 amide bonds. The monoisotopic (exact) mass is 558 g/mol. The first-order chi connectivity index (χ1) is 18.1. The second-order valence-corrected chi connectivity index (χ2v) is 8.85. The number of halogens is 2. The van der Waals surface area contributed by atoms with Gasteiger partial charge in [0.2, 0.25) is 0 Å². The van der Waals surface area contributed by atoms with Gasteiger partial charge in [0.25, 0.3) is 23.6 Å². The molecule has 38 heavy (non-hydrogen) atoms. The van der Waals surface area contributed by atoms with Crippen LogP contribution in [0.1, 0.15) is 31.8 Å². The Hall–Kier alpha value is -4.28. The Labute approximate surface area is 228 Å². The zero-order valence-electron chi connectivity index (χ0n) is 20.4. The molecule has 12 heteroatoms. The third kappa shape index (κ3) is 8.39. The molecule has 0 fully saturated rings. The van der Waals surface area contributed by atoms with Gasteiger partial charge in [0, 0.05) is 21.2 Å². The molecule has 0 heterocycles. The van der Waals surface area contributed by atoms with Crippen molar-refractivity contribution in [2.24, 2.45) is 0 Å². The highest BCUT2D eigenvalue weighted by Gasteiger charge is 2.12. The Morgan fingerprint density at radius 1 is 0.605 bits per heavy atom. The van der Waals surface area contributed by atoms with Crippen LogP contribution in [0.15, 0.2) is 60.7 Å². The number of benzene rings is 3. The van der Waals surface area contributed by atoms with Crippen LogP contribution in [0.4, 0.5) is 0 Å². The first-order valence-corrected chi connectivity index (χ1v) is 11.9. The van der Waals surface area contributed by atoms with Crippen LogP contribution in [0.3, 0.4) is 0 Å². The number of hydrazine groups is 2. The van der Waals surface area contributed by atoms with Gasteiger partial charge < -0.3 is 9.47 Å². The molecule has 4 N–H and O–H groups in total. The molecule has 3 rings (SSSR count). The van der Waals surface area contributed by atoms with Crippen LogP contribution in [0, 0.1) is 13.8 Å². The van der Waals surface area contributed by atoms with Crippen molar-refractivity contribution in [1.29, 1.82) is 0 Å². The summed E-state index contributed by atoms with van der Waals surface area (Å²) < 4.78 is 10.8. The summed E-state index contributed by atoms with van der Waals surface area (Å²) in [6.45, 7) is 2.93. The fourth-order valence-corrected chi connectivity index (χ4v) is 3.53. The lowest BCUT2D eigenvalue weighted by molar-refractivity contribution is -0.124. The molecule has 0 radical (unpaired) electrons. The predicted molar refractivity (Wildman–Crippen MR) is 141 cm³/mol. The first-order valence-electron chi connectivity index (χ1n) is 11.2. The minimum absolute atomic E-state index is 0.187. The van der Waals surface area contributed by atoms with Gasteiger partial charge in [-0.1, -0.05) is 23.2 Å². The van der Waals surface area contributed by atoms with Gasteiger partial charge in [0.05, 0.1) is 0 Å². The Balaban J connectivity index is 1.40. The fourth-order valence-electron chi connectivity index (χ4n) is 3.08. The van der Waals surface area contributed by atoms with E-state index in [1.165, 1.54) is 24.3 Å². The molecule has 0 saturated heterocycles. The normalized spacial score (nSPS) is 10.2. The average Bonchev–Trinajstić information content (AvgIpc) is 2.89. The van der Waals surface area contributed by atoms with Crippen LogP contribution in [0.25, 0.3) is 0 Å². The van der Waals surface area contributed by atoms with E-state index in [1.807, 2.05) is 0 Å². The maximum atomic E-state index is 12.3. The Morgan fingerprint density at radius 2 is 0.974 bits per heavy atom. The Bertz CT molecular complexity index is 1250. The summed E-state index contributed by atoms with van der Waals surface area (Å²) in [6.07, 6.45) is 0. The van der Waals surface area contributed by atoms with E-state index in [1.54, 1.807) is 50.2 Å². The van der Waals surface area contributed by atoms with Crippen molar-refractivity contribution in [3.05, 3.63) is 93.0 Å². The van der Waals surface area contributed by atoms with Crippen molar-refractivity contribution in [3.63, 3.8) is 0 Å². The van der Waals surface area contributed by atoms with E-state index in [9.17, 15) is 19.2 Å². The molecule has 0 spiro atoms. The van der Waals surface area contributed by atoms with Gasteiger partial charge in [-0.2, -0.15) is 0 Å². The Morgan fingerprint density at radius 3 is 1.32 bits per heavy atom. The van der Waals surface area contributed by atoms with Gasteiger partial charge in [0.15, 0.2) is 13.2 Å². The van der Waals surface area contributed by atoms with Crippen molar-refractivity contribution in [2.45, 2.75) is 13.8 Å². The molecule has 198 valence electrons. The highest BCUT2D eigenvalue weighted by molar-refractivity contribution is 6.31. The number of carbonyl (C=O) groups is 4. The summed E-state index contributed by atoms with van der Waals surface area (Å²) in [7, 11) is 0. The number of carbonyl (C=O) groups excluding carboxylic acids is 4. The zero-order chi connectivity index (χ0) is 27.7. The summed E-state index contributed by atoms with van der Waals surface area (Å²) >= 11 is 11.8. The van der Waals surface area contributed by atoms with Crippen LogP contribution in [0.2, 0.25) is 10.0 Å².